The van der Waals surface area contributed by atoms with E-state index in [1.165, 1.54) is 5.56 Å². The maximum absolute atomic E-state index is 6.18. The first-order valence-electron chi connectivity index (χ1n) is 6.00. The number of nitrogens with zero attached hydrogens (tertiary/aromatic N) is 2. The van der Waals surface area contributed by atoms with E-state index < -0.39 is 0 Å². The normalized spacial score (nSPS) is 11.1. The van der Waals surface area contributed by atoms with Gasteiger partial charge in [-0.05, 0) is 24.1 Å². The lowest BCUT2D eigenvalue weighted by Gasteiger charge is -2.06. The molecule has 4 heteroatoms. The van der Waals surface area contributed by atoms with Gasteiger partial charge in [0, 0.05) is 18.1 Å². The molecule has 0 bridgehead atoms. The van der Waals surface area contributed by atoms with Crippen LogP contribution in [-0.2, 0) is 6.54 Å². The van der Waals surface area contributed by atoms with Crippen LogP contribution in [0.15, 0.2) is 42.6 Å². The van der Waals surface area contributed by atoms with Crippen molar-refractivity contribution in [1.82, 2.24) is 9.55 Å². The Morgan fingerprint density at radius 3 is 2.63 bits per heavy atom. The molecule has 1 aromatic carbocycles. The van der Waals surface area contributed by atoms with Crippen LogP contribution in [0, 0.1) is 6.92 Å². The lowest BCUT2D eigenvalue weighted by Crippen LogP contribution is -1.97. The Bertz CT molecular complexity index is 733. The van der Waals surface area contributed by atoms with Crippen LogP contribution in [0.2, 0.25) is 10.3 Å². The predicted octanol–water partition coefficient (Wildman–Crippen LogP) is 4.70. The summed E-state index contributed by atoms with van der Waals surface area (Å²) in [6.45, 7) is 2.83. The molecule has 0 saturated carbocycles. The predicted molar refractivity (Wildman–Crippen MR) is 80.0 cm³/mol. The maximum atomic E-state index is 6.18. The zero-order valence-corrected chi connectivity index (χ0v) is 11.9. The second-order valence-corrected chi connectivity index (χ2v) is 5.30. The minimum Gasteiger partial charge on any atom is -0.343 e. The van der Waals surface area contributed by atoms with Crippen molar-refractivity contribution in [3.63, 3.8) is 0 Å². The molecule has 0 amide bonds. The number of fused-ring (bicyclic) bond motifs is 1. The topological polar surface area (TPSA) is 17.8 Å². The second-order valence-electron chi connectivity index (χ2n) is 4.56. The van der Waals surface area contributed by atoms with E-state index in [0.29, 0.717) is 10.3 Å². The van der Waals surface area contributed by atoms with Gasteiger partial charge in [-0.1, -0.05) is 53.5 Å². The molecule has 2 heterocycles. The lowest BCUT2D eigenvalue weighted by molar-refractivity contribution is 0.834. The highest BCUT2D eigenvalue weighted by molar-refractivity contribution is 6.36. The van der Waals surface area contributed by atoms with Crippen molar-refractivity contribution in [2.75, 3.05) is 0 Å². The fourth-order valence-electron chi connectivity index (χ4n) is 2.34. The maximum Gasteiger partial charge on any atom is 0.140 e. The van der Waals surface area contributed by atoms with E-state index in [0.717, 1.165) is 23.0 Å². The number of pyridine rings is 1. The zero-order chi connectivity index (χ0) is 13.4. The molecule has 0 atom stereocenters. The molecule has 3 rings (SSSR count). The molecular formula is C15H12Cl2N2. The van der Waals surface area contributed by atoms with Gasteiger partial charge >= 0.3 is 0 Å². The van der Waals surface area contributed by atoms with Gasteiger partial charge in [0.05, 0.1) is 5.52 Å². The Morgan fingerprint density at radius 2 is 1.89 bits per heavy atom. The van der Waals surface area contributed by atoms with Crippen molar-refractivity contribution in [2.45, 2.75) is 13.5 Å². The van der Waals surface area contributed by atoms with Crippen LogP contribution in [0.5, 0.6) is 0 Å². The first kappa shape index (κ1) is 12.5. The first-order chi connectivity index (χ1) is 9.15. The number of benzene rings is 1. The van der Waals surface area contributed by atoms with E-state index in [1.807, 2.05) is 31.2 Å². The number of hydrogen-bond acceptors (Lipinski definition) is 1. The standard InChI is InChI=1S/C15H12Cl2N2/c1-10-8-19(9-11-5-3-2-4-6-11)12-7-13(16)18-15(17)14(10)12/h2-8H,9H2,1H3. The average Bonchev–Trinajstić information content (AvgIpc) is 2.67. The molecule has 19 heavy (non-hydrogen) atoms. The van der Waals surface area contributed by atoms with Crippen LogP contribution in [0.4, 0.5) is 0 Å². The smallest absolute Gasteiger partial charge is 0.140 e. The minimum absolute atomic E-state index is 0.421. The van der Waals surface area contributed by atoms with Crippen LogP contribution >= 0.6 is 23.2 Å². The molecule has 96 valence electrons. The van der Waals surface area contributed by atoms with Crippen molar-refractivity contribution in [3.05, 3.63) is 64.0 Å². The van der Waals surface area contributed by atoms with E-state index in [4.69, 9.17) is 23.2 Å². The van der Waals surface area contributed by atoms with E-state index in [1.54, 1.807) is 0 Å². The Labute approximate surface area is 121 Å². The van der Waals surface area contributed by atoms with Crippen molar-refractivity contribution < 1.29 is 0 Å². The van der Waals surface area contributed by atoms with Crippen LogP contribution in [0.1, 0.15) is 11.1 Å². The molecule has 0 fully saturated rings. The number of hydrogen-bond donors (Lipinski definition) is 0. The Kier molecular flexibility index (Phi) is 3.21. The van der Waals surface area contributed by atoms with Crippen molar-refractivity contribution >= 4 is 34.1 Å². The van der Waals surface area contributed by atoms with Gasteiger partial charge in [0.25, 0.3) is 0 Å². The molecule has 0 N–H and O–H groups in total. The number of rotatable bonds is 2. The van der Waals surface area contributed by atoms with Crippen LogP contribution in [-0.4, -0.2) is 9.55 Å². The van der Waals surface area contributed by atoms with Gasteiger partial charge in [-0.25, -0.2) is 4.98 Å². The van der Waals surface area contributed by atoms with Crippen molar-refractivity contribution in [1.29, 1.82) is 0 Å². The fourth-order valence-corrected chi connectivity index (χ4v) is 2.91. The van der Waals surface area contributed by atoms with E-state index >= 15 is 0 Å². The summed E-state index contributed by atoms with van der Waals surface area (Å²) in [5, 5.41) is 1.86. The highest BCUT2D eigenvalue weighted by Gasteiger charge is 2.11. The second kappa shape index (κ2) is 4.87. The zero-order valence-electron chi connectivity index (χ0n) is 10.4. The highest BCUT2D eigenvalue weighted by atomic mass is 35.5. The molecule has 2 nitrogen and oxygen atoms in total. The summed E-state index contributed by atoms with van der Waals surface area (Å²) in [6, 6.07) is 12.2. The largest absolute Gasteiger partial charge is 0.343 e. The molecule has 0 aliphatic rings. The summed E-state index contributed by atoms with van der Waals surface area (Å²) in [4.78, 5) is 4.10. The number of aryl methyl sites for hydroxylation is 1. The summed E-state index contributed by atoms with van der Waals surface area (Å²) in [7, 11) is 0. The monoisotopic (exact) mass is 290 g/mol. The molecule has 3 aromatic rings. The summed E-state index contributed by atoms with van der Waals surface area (Å²) < 4.78 is 2.15. The van der Waals surface area contributed by atoms with Crippen LogP contribution in [0.25, 0.3) is 10.9 Å². The Morgan fingerprint density at radius 1 is 1.16 bits per heavy atom. The highest BCUT2D eigenvalue weighted by Crippen LogP contribution is 2.29. The molecule has 0 spiro atoms. The van der Waals surface area contributed by atoms with Gasteiger partial charge in [0.15, 0.2) is 0 Å². The summed E-state index contributed by atoms with van der Waals surface area (Å²) in [5.41, 5.74) is 3.37. The van der Waals surface area contributed by atoms with Crippen LogP contribution < -0.4 is 0 Å². The van der Waals surface area contributed by atoms with Gasteiger partial charge in [-0.15, -0.1) is 0 Å². The van der Waals surface area contributed by atoms with Gasteiger partial charge in [-0.2, -0.15) is 0 Å². The third kappa shape index (κ3) is 2.34. The Hall–Kier alpha value is -1.51. The number of aromatic nitrogens is 2. The van der Waals surface area contributed by atoms with Crippen molar-refractivity contribution in [2.24, 2.45) is 0 Å². The summed E-state index contributed by atoms with van der Waals surface area (Å²) in [6.07, 6.45) is 2.08. The molecule has 0 aliphatic heterocycles. The average molecular weight is 291 g/mol. The lowest BCUT2D eigenvalue weighted by atomic mass is 10.2. The van der Waals surface area contributed by atoms with Gasteiger partial charge in [0.1, 0.15) is 10.3 Å². The first-order valence-corrected chi connectivity index (χ1v) is 6.76. The molecule has 0 saturated heterocycles. The molecule has 0 aliphatic carbocycles. The van der Waals surface area contributed by atoms with Gasteiger partial charge < -0.3 is 4.57 Å². The van der Waals surface area contributed by atoms with E-state index in [2.05, 4.69) is 27.9 Å². The summed E-state index contributed by atoms with van der Waals surface area (Å²) in [5.74, 6) is 0. The van der Waals surface area contributed by atoms with Gasteiger partial charge in [-0.3, -0.25) is 0 Å². The summed E-state index contributed by atoms with van der Waals surface area (Å²) >= 11 is 12.2. The molecule has 2 aromatic heterocycles. The molecule has 0 unspecified atom stereocenters. The third-order valence-electron chi connectivity index (χ3n) is 3.17. The van der Waals surface area contributed by atoms with Gasteiger partial charge in [0.2, 0.25) is 0 Å². The minimum atomic E-state index is 0.421. The quantitative estimate of drug-likeness (QED) is 0.626. The molecule has 0 radical (unpaired) electrons. The number of halogens is 2. The Balaban J connectivity index is 2.14. The fraction of sp³-hybridized carbons (Fsp3) is 0.133. The van der Waals surface area contributed by atoms with E-state index in [9.17, 15) is 0 Å². The molecular weight excluding hydrogens is 279 g/mol. The third-order valence-corrected chi connectivity index (χ3v) is 3.64. The van der Waals surface area contributed by atoms with Crippen molar-refractivity contribution in [3.8, 4) is 0 Å². The SMILES string of the molecule is Cc1cn(Cc2ccccc2)c2cc(Cl)nc(Cl)c12. The van der Waals surface area contributed by atoms with E-state index in [-0.39, 0.29) is 0 Å². The van der Waals surface area contributed by atoms with Crippen LogP contribution in [0.3, 0.4) is 0 Å².